The molecule has 1 saturated heterocycles. The number of aliphatic hydroxyl groups excluding tert-OH is 2. The minimum Gasteiger partial charge on any atom is -0.394 e. The number of aromatic nitrogens is 4. The van der Waals surface area contributed by atoms with Gasteiger partial charge in [-0.15, -0.1) is 0 Å². The van der Waals surface area contributed by atoms with E-state index >= 15 is 0 Å². The van der Waals surface area contributed by atoms with Crippen molar-refractivity contribution in [2.24, 2.45) is 0 Å². The minimum atomic E-state index is -0.963. The standard InChI is InChI=1S/C11H12N4O4/c1-5-8(17)6(2-16)19-11(5)15-4-14-7-9(15)12-3-13-10(7)18/h3-4,6,8,11,16-17H,1-2H2,(H,12,13,18)/t6-,8+,11-/m1/s1. The van der Waals surface area contributed by atoms with Crippen LogP contribution >= 0.6 is 0 Å². The summed E-state index contributed by atoms with van der Waals surface area (Å²) in [6.07, 6.45) is 0.258. The fraction of sp³-hybridized carbons (Fsp3) is 0.364. The summed E-state index contributed by atoms with van der Waals surface area (Å²) in [7, 11) is 0. The van der Waals surface area contributed by atoms with Crippen molar-refractivity contribution in [2.75, 3.05) is 6.61 Å². The predicted octanol–water partition coefficient (Wildman–Crippen LogP) is -1.07. The molecule has 0 aliphatic carbocycles. The van der Waals surface area contributed by atoms with Crippen molar-refractivity contribution < 1.29 is 14.9 Å². The van der Waals surface area contributed by atoms with Gasteiger partial charge in [0, 0.05) is 5.57 Å². The van der Waals surface area contributed by atoms with E-state index in [2.05, 4.69) is 21.5 Å². The summed E-state index contributed by atoms with van der Waals surface area (Å²) >= 11 is 0. The second-order valence-electron chi connectivity index (χ2n) is 4.28. The molecule has 0 spiro atoms. The zero-order valence-electron chi connectivity index (χ0n) is 9.85. The number of nitrogens with zero attached hydrogens (tertiary/aromatic N) is 3. The molecule has 0 aromatic carbocycles. The molecule has 0 amide bonds. The van der Waals surface area contributed by atoms with Gasteiger partial charge in [-0.2, -0.15) is 0 Å². The number of aromatic amines is 1. The number of ether oxygens (including phenoxy) is 1. The van der Waals surface area contributed by atoms with E-state index in [1.165, 1.54) is 17.2 Å². The van der Waals surface area contributed by atoms with Crippen LogP contribution in [0.5, 0.6) is 0 Å². The molecule has 0 radical (unpaired) electrons. The zero-order chi connectivity index (χ0) is 13.6. The lowest BCUT2D eigenvalue weighted by molar-refractivity contribution is -0.0422. The first-order valence-electron chi connectivity index (χ1n) is 5.66. The summed E-state index contributed by atoms with van der Waals surface area (Å²) in [4.78, 5) is 22.0. The van der Waals surface area contributed by atoms with E-state index in [4.69, 9.17) is 9.84 Å². The highest BCUT2D eigenvalue weighted by Gasteiger charge is 2.38. The van der Waals surface area contributed by atoms with Crippen LogP contribution in [-0.2, 0) is 4.74 Å². The first-order chi connectivity index (χ1) is 9.13. The molecule has 1 aliphatic rings. The summed E-state index contributed by atoms with van der Waals surface area (Å²) < 4.78 is 7.00. The average molecular weight is 264 g/mol. The van der Waals surface area contributed by atoms with Gasteiger partial charge in [0.25, 0.3) is 5.56 Å². The van der Waals surface area contributed by atoms with Crippen molar-refractivity contribution >= 4 is 11.2 Å². The molecule has 8 heteroatoms. The lowest BCUT2D eigenvalue weighted by atomic mass is 10.1. The number of hydrogen-bond donors (Lipinski definition) is 3. The Morgan fingerprint density at radius 2 is 2.32 bits per heavy atom. The average Bonchev–Trinajstić information content (AvgIpc) is 2.94. The third-order valence-electron chi connectivity index (χ3n) is 3.15. The Kier molecular flexibility index (Phi) is 2.70. The topological polar surface area (TPSA) is 113 Å². The molecule has 0 bridgehead atoms. The summed E-state index contributed by atoms with van der Waals surface area (Å²) in [5.74, 6) is 0. The lowest BCUT2D eigenvalue weighted by Crippen LogP contribution is -2.25. The van der Waals surface area contributed by atoms with Gasteiger partial charge in [0.2, 0.25) is 0 Å². The fourth-order valence-corrected chi connectivity index (χ4v) is 2.13. The molecule has 3 heterocycles. The molecule has 8 nitrogen and oxygen atoms in total. The van der Waals surface area contributed by atoms with Gasteiger partial charge in [-0.05, 0) is 0 Å². The van der Waals surface area contributed by atoms with E-state index in [-0.39, 0.29) is 17.7 Å². The smallest absolute Gasteiger partial charge is 0.278 e. The van der Waals surface area contributed by atoms with E-state index < -0.39 is 18.4 Å². The van der Waals surface area contributed by atoms with Crippen LogP contribution in [0.4, 0.5) is 0 Å². The van der Waals surface area contributed by atoms with Crippen molar-refractivity contribution in [3.8, 4) is 0 Å². The number of fused-ring (bicyclic) bond motifs is 1. The quantitative estimate of drug-likeness (QED) is 0.595. The van der Waals surface area contributed by atoms with Crippen molar-refractivity contribution in [3.05, 3.63) is 35.2 Å². The van der Waals surface area contributed by atoms with Crippen molar-refractivity contribution in [1.82, 2.24) is 19.5 Å². The highest BCUT2D eigenvalue weighted by Crippen LogP contribution is 2.33. The minimum absolute atomic E-state index is 0.181. The lowest BCUT2D eigenvalue weighted by Gasteiger charge is -2.13. The number of hydrogen-bond acceptors (Lipinski definition) is 6. The molecule has 1 fully saturated rings. The van der Waals surface area contributed by atoms with E-state index in [0.29, 0.717) is 11.2 Å². The van der Waals surface area contributed by atoms with Gasteiger partial charge in [0.05, 0.1) is 19.3 Å². The molecule has 2 aromatic heterocycles. The van der Waals surface area contributed by atoms with Gasteiger partial charge in [-0.25, -0.2) is 9.97 Å². The zero-order valence-corrected chi connectivity index (χ0v) is 9.85. The summed E-state index contributed by atoms with van der Waals surface area (Å²) in [6.45, 7) is 3.43. The monoisotopic (exact) mass is 264 g/mol. The highest BCUT2D eigenvalue weighted by molar-refractivity contribution is 5.69. The van der Waals surface area contributed by atoms with Gasteiger partial charge in [0.15, 0.2) is 17.4 Å². The van der Waals surface area contributed by atoms with Crippen LogP contribution in [0.2, 0.25) is 0 Å². The molecule has 3 N–H and O–H groups in total. The fourth-order valence-electron chi connectivity index (χ4n) is 2.13. The van der Waals surface area contributed by atoms with Crippen LogP contribution in [0.1, 0.15) is 6.23 Å². The van der Waals surface area contributed by atoms with Crippen molar-refractivity contribution in [2.45, 2.75) is 18.4 Å². The van der Waals surface area contributed by atoms with Crippen LogP contribution in [-0.4, -0.2) is 48.5 Å². The first-order valence-corrected chi connectivity index (χ1v) is 5.66. The van der Waals surface area contributed by atoms with Crippen molar-refractivity contribution in [1.29, 1.82) is 0 Å². The van der Waals surface area contributed by atoms with E-state index in [1.54, 1.807) is 0 Å². The Hall–Kier alpha value is -2.03. The first kappa shape index (κ1) is 12.0. The van der Waals surface area contributed by atoms with E-state index in [0.717, 1.165) is 0 Å². The van der Waals surface area contributed by atoms with Gasteiger partial charge in [-0.1, -0.05) is 6.58 Å². The molecule has 100 valence electrons. The maximum atomic E-state index is 11.5. The molecule has 19 heavy (non-hydrogen) atoms. The molecular weight excluding hydrogens is 252 g/mol. The van der Waals surface area contributed by atoms with Gasteiger partial charge >= 0.3 is 0 Å². The number of H-pyrrole nitrogens is 1. The Morgan fingerprint density at radius 1 is 1.53 bits per heavy atom. The number of rotatable bonds is 2. The van der Waals surface area contributed by atoms with Crippen LogP contribution < -0.4 is 5.56 Å². The SMILES string of the molecule is C=C1[C@H](n2cnc3c(=O)[nH]cnc32)O[C@H](CO)[C@H]1O. The third kappa shape index (κ3) is 1.69. The number of imidazole rings is 1. The molecular formula is C11H12N4O4. The van der Waals surface area contributed by atoms with Crippen LogP contribution in [0.15, 0.2) is 29.6 Å². The van der Waals surface area contributed by atoms with Crippen LogP contribution in [0, 0.1) is 0 Å². The summed E-state index contributed by atoms with van der Waals surface area (Å²) in [5, 5.41) is 19.0. The second-order valence-corrected chi connectivity index (χ2v) is 4.28. The Balaban J connectivity index is 2.09. The molecule has 0 unspecified atom stereocenters. The van der Waals surface area contributed by atoms with Crippen molar-refractivity contribution in [3.63, 3.8) is 0 Å². The predicted molar refractivity (Wildman–Crippen MR) is 64.3 cm³/mol. The van der Waals surface area contributed by atoms with Gasteiger partial charge < -0.3 is 19.9 Å². The molecule has 3 rings (SSSR count). The Bertz CT molecular complexity index is 691. The van der Waals surface area contributed by atoms with Crippen LogP contribution in [0.25, 0.3) is 11.2 Å². The van der Waals surface area contributed by atoms with Crippen LogP contribution in [0.3, 0.4) is 0 Å². The van der Waals surface area contributed by atoms with Gasteiger partial charge in [0.1, 0.15) is 12.2 Å². The molecule has 2 aromatic rings. The van der Waals surface area contributed by atoms with E-state index in [9.17, 15) is 9.90 Å². The highest BCUT2D eigenvalue weighted by atomic mass is 16.5. The molecule has 0 saturated carbocycles. The third-order valence-corrected chi connectivity index (χ3v) is 3.15. The maximum absolute atomic E-state index is 11.5. The largest absolute Gasteiger partial charge is 0.394 e. The number of nitrogens with one attached hydrogen (secondary N) is 1. The maximum Gasteiger partial charge on any atom is 0.278 e. The second kappa shape index (κ2) is 4.26. The normalized spacial score (nSPS) is 27.3. The van der Waals surface area contributed by atoms with Gasteiger partial charge in [-0.3, -0.25) is 9.36 Å². The summed E-state index contributed by atoms with van der Waals surface area (Å²) in [5.41, 5.74) is 0.550. The summed E-state index contributed by atoms with van der Waals surface area (Å²) in [6, 6.07) is 0. The van der Waals surface area contributed by atoms with E-state index in [1.807, 2.05) is 0 Å². The number of aliphatic hydroxyl groups is 2. The Labute approximate surface area is 107 Å². The molecule has 1 aliphatic heterocycles. The Morgan fingerprint density at radius 3 is 3.00 bits per heavy atom. The molecule has 3 atom stereocenters.